The third-order valence-electron chi connectivity index (χ3n) is 5.44. The minimum absolute atomic E-state index is 0.0152. The van der Waals surface area contributed by atoms with E-state index in [0.717, 1.165) is 5.56 Å². The topological polar surface area (TPSA) is 77.9 Å². The molecule has 0 bridgehead atoms. The van der Waals surface area contributed by atoms with Gasteiger partial charge in [-0.15, -0.1) is 0 Å². The SMILES string of the molecule is CCS(=O)(=O)N1C[C@@H]2CN(CCc3cccc(F)c3)C[C@]2(C(=O)O)C1. The third kappa shape index (κ3) is 3.43. The Morgan fingerprint density at radius 1 is 1.36 bits per heavy atom. The summed E-state index contributed by atoms with van der Waals surface area (Å²) in [5, 5.41) is 9.77. The molecule has 2 aliphatic rings. The van der Waals surface area contributed by atoms with Gasteiger partial charge in [0, 0.05) is 38.6 Å². The molecule has 8 heteroatoms. The number of sulfonamides is 1. The van der Waals surface area contributed by atoms with Gasteiger partial charge in [-0.25, -0.2) is 17.1 Å². The second kappa shape index (κ2) is 6.66. The van der Waals surface area contributed by atoms with Gasteiger partial charge in [-0.05, 0) is 31.0 Å². The van der Waals surface area contributed by atoms with Crippen molar-refractivity contribution in [2.24, 2.45) is 11.3 Å². The largest absolute Gasteiger partial charge is 0.481 e. The first-order chi connectivity index (χ1) is 11.8. The molecular formula is C17H23FN2O4S. The standard InChI is InChI=1S/C17H23FN2O4S/c1-2-25(23,24)20-10-14-9-19(11-17(14,12-20)16(21)22)7-6-13-4-3-5-15(18)8-13/h3-5,8,14H,2,6-7,9-12H2,1H3,(H,21,22)/t14-,17-/m0/s1. The Bertz CT molecular complexity index is 770. The van der Waals surface area contributed by atoms with Crippen molar-refractivity contribution in [1.29, 1.82) is 0 Å². The quantitative estimate of drug-likeness (QED) is 0.809. The van der Waals surface area contributed by atoms with Gasteiger partial charge in [-0.3, -0.25) is 4.79 Å². The highest BCUT2D eigenvalue weighted by Crippen LogP contribution is 2.43. The van der Waals surface area contributed by atoms with Crippen LogP contribution in [0.1, 0.15) is 12.5 Å². The van der Waals surface area contributed by atoms with E-state index in [0.29, 0.717) is 26.1 Å². The molecule has 2 heterocycles. The van der Waals surface area contributed by atoms with Crippen LogP contribution in [0.4, 0.5) is 4.39 Å². The zero-order valence-corrected chi connectivity index (χ0v) is 15.0. The van der Waals surface area contributed by atoms with Gasteiger partial charge < -0.3 is 10.0 Å². The number of rotatable bonds is 6. The molecule has 1 N–H and O–H groups in total. The number of hydrogen-bond donors (Lipinski definition) is 1. The summed E-state index contributed by atoms with van der Waals surface area (Å²) >= 11 is 0. The molecule has 2 fully saturated rings. The molecule has 3 rings (SSSR count). The number of aliphatic carboxylic acids is 1. The average molecular weight is 370 g/mol. The van der Waals surface area contributed by atoms with Gasteiger partial charge in [0.05, 0.1) is 11.2 Å². The summed E-state index contributed by atoms with van der Waals surface area (Å²) in [6, 6.07) is 6.39. The molecule has 0 radical (unpaired) electrons. The Morgan fingerprint density at radius 3 is 2.72 bits per heavy atom. The molecule has 1 aromatic carbocycles. The van der Waals surface area contributed by atoms with E-state index in [1.165, 1.54) is 16.4 Å². The Balaban J connectivity index is 1.68. The van der Waals surface area contributed by atoms with E-state index in [1.54, 1.807) is 13.0 Å². The van der Waals surface area contributed by atoms with E-state index >= 15 is 0 Å². The summed E-state index contributed by atoms with van der Waals surface area (Å²) in [6.45, 7) is 3.39. The minimum atomic E-state index is -3.38. The lowest BCUT2D eigenvalue weighted by molar-refractivity contribution is -0.148. The molecule has 0 amide bonds. The lowest BCUT2D eigenvalue weighted by Gasteiger charge is -2.25. The number of fused-ring (bicyclic) bond motifs is 1. The highest BCUT2D eigenvalue weighted by molar-refractivity contribution is 7.89. The van der Waals surface area contributed by atoms with Crippen molar-refractivity contribution in [2.45, 2.75) is 13.3 Å². The predicted octanol–water partition coefficient (Wildman–Crippen LogP) is 1.04. The fraction of sp³-hybridized carbons (Fsp3) is 0.588. The number of hydrogen-bond acceptors (Lipinski definition) is 4. The highest BCUT2D eigenvalue weighted by atomic mass is 32.2. The monoisotopic (exact) mass is 370 g/mol. The van der Waals surface area contributed by atoms with Crippen molar-refractivity contribution in [1.82, 2.24) is 9.21 Å². The zero-order chi connectivity index (χ0) is 18.2. The van der Waals surface area contributed by atoms with Crippen LogP contribution in [0.5, 0.6) is 0 Å². The second-order valence-corrected chi connectivity index (χ2v) is 9.22. The van der Waals surface area contributed by atoms with Crippen LogP contribution in [-0.4, -0.2) is 67.2 Å². The Labute approximate surface area is 147 Å². The normalized spacial score (nSPS) is 27.5. The zero-order valence-electron chi connectivity index (χ0n) is 14.2. The van der Waals surface area contributed by atoms with Gasteiger partial charge in [-0.2, -0.15) is 0 Å². The molecule has 0 aliphatic carbocycles. The molecule has 0 aromatic heterocycles. The van der Waals surface area contributed by atoms with Gasteiger partial charge in [0.15, 0.2) is 0 Å². The smallest absolute Gasteiger partial charge is 0.312 e. The average Bonchev–Trinajstić information content (AvgIpc) is 3.08. The van der Waals surface area contributed by atoms with Gasteiger partial charge in [-0.1, -0.05) is 12.1 Å². The Kier molecular flexibility index (Phi) is 4.87. The van der Waals surface area contributed by atoms with Gasteiger partial charge in [0.1, 0.15) is 5.82 Å². The molecule has 1 aromatic rings. The molecule has 138 valence electrons. The molecular weight excluding hydrogens is 347 g/mol. The number of nitrogens with zero attached hydrogens (tertiary/aromatic N) is 2. The summed E-state index contributed by atoms with van der Waals surface area (Å²) in [4.78, 5) is 14.0. The van der Waals surface area contributed by atoms with E-state index < -0.39 is 21.4 Å². The number of carbonyl (C=O) groups is 1. The van der Waals surface area contributed by atoms with Crippen LogP contribution >= 0.6 is 0 Å². The van der Waals surface area contributed by atoms with E-state index in [-0.39, 0.29) is 30.6 Å². The lowest BCUT2D eigenvalue weighted by Crippen LogP contribution is -2.42. The van der Waals surface area contributed by atoms with Crippen LogP contribution in [0.2, 0.25) is 0 Å². The van der Waals surface area contributed by atoms with E-state index in [4.69, 9.17) is 0 Å². The molecule has 2 saturated heterocycles. The van der Waals surface area contributed by atoms with Crippen LogP contribution < -0.4 is 0 Å². The summed E-state index contributed by atoms with van der Waals surface area (Å²) in [5.74, 6) is -1.43. The maximum atomic E-state index is 13.3. The fourth-order valence-corrected chi connectivity index (χ4v) is 5.17. The molecule has 0 saturated carbocycles. The maximum absolute atomic E-state index is 13.3. The van der Waals surface area contributed by atoms with Crippen LogP contribution in [0, 0.1) is 17.2 Å². The second-order valence-electron chi connectivity index (χ2n) is 6.97. The van der Waals surface area contributed by atoms with E-state index in [1.807, 2.05) is 6.07 Å². The highest BCUT2D eigenvalue weighted by Gasteiger charge is 2.59. The number of carboxylic acid groups (broad SMARTS) is 1. The first-order valence-electron chi connectivity index (χ1n) is 8.45. The first-order valence-corrected chi connectivity index (χ1v) is 10.1. The van der Waals surface area contributed by atoms with Crippen LogP contribution in [-0.2, 0) is 21.2 Å². The van der Waals surface area contributed by atoms with Crippen molar-refractivity contribution >= 4 is 16.0 Å². The van der Waals surface area contributed by atoms with Crippen LogP contribution in [0.15, 0.2) is 24.3 Å². The number of halogens is 1. The van der Waals surface area contributed by atoms with E-state index in [9.17, 15) is 22.7 Å². The predicted molar refractivity (Wildman–Crippen MR) is 91.1 cm³/mol. The Hall–Kier alpha value is -1.51. The molecule has 25 heavy (non-hydrogen) atoms. The lowest BCUT2D eigenvalue weighted by atomic mass is 9.81. The van der Waals surface area contributed by atoms with E-state index in [2.05, 4.69) is 4.90 Å². The van der Waals surface area contributed by atoms with Crippen molar-refractivity contribution in [3.63, 3.8) is 0 Å². The van der Waals surface area contributed by atoms with Crippen LogP contribution in [0.3, 0.4) is 0 Å². The van der Waals surface area contributed by atoms with Crippen molar-refractivity contribution in [3.05, 3.63) is 35.6 Å². The van der Waals surface area contributed by atoms with Crippen molar-refractivity contribution < 1.29 is 22.7 Å². The van der Waals surface area contributed by atoms with Gasteiger partial charge in [0.2, 0.25) is 10.0 Å². The van der Waals surface area contributed by atoms with Crippen molar-refractivity contribution in [3.8, 4) is 0 Å². The summed E-state index contributed by atoms with van der Waals surface area (Å²) < 4.78 is 38.8. The van der Waals surface area contributed by atoms with Gasteiger partial charge in [0.25, 0.3) is 0 Å². The van der Waals surface area contributed by atoms with Crippen molar-refractivity contribution in [2.75, 3.05) is 38.5 Å². The summed E-state index contributed by atoms with van der Waals surface area (Å²) in [5.41, 5.74) is -0.166. The maximum Gasteiger partial charge on any atom is 0.312 e. The molecule has 2 aliphatic heterocycles. The third-order valence-corrected chi connectivity index (χ3v) is 7.23. The van der Waals surface area contributed by atoms with Crippen LogP contribution in [0.25, 0.3) is 0 Å². The molecule has 6 nitrogen and oxygen atoms in total. The number of carboxylic acids is 1. The minimum Gasteiger partial charge on any atom is -0.481 e. The summed E-state index contributed by atoms with van der Waals surface area (Å²) in [7, 11) is -3.38. The molecule has 0 spiro atoms. The number of likely N-dealkylation sites (tertiary alicyclic amines) is 1. The molecule has 0 unspecified atom stereocenters. The Morgan fingerprint density at radius 2 is 2.12 bits per heavy atom. The summed E-state index contributed by atoms with van der Waals surface area (Å²) in [6.07, 6.45) is 0.636. The first kappa shape index (κ1) is 18.3. The molecule has 2 atom stereocenters. The number of benzene rings is 1. The fourth-order valence-electron chi connectivity index (χ4n) is 3.97. The van der Waals surface area contributed by atoms with Gasteiger partial charge >= 0.3 is 5.97 Å².